The van der Waals surface area contributed by atoms with E-state index in [2.05, 4.69) is 36.8 Å². The van der Waals surface area contributed by atoms with E-state index in [-0.39, 0.29) is 18.1 Å². The lowest BCUT2D eigenvalue weighted by Gasteiger charge is -2.13. The highest BCUT2D eigenvalue weighted by Crippen LogP contribution is 2.33. The number of aromatic nitrogens is 1. The van der Waals surface area contributed by atoms with Crippen molar-refractivity contribution in [3.05, 3.63) is 122 Å². The number of hydrazone groups is 1. The van der Waals surface area contributed by atoms with Crippen LogP contribution >= 0.6 is 38.9 Å². The molecule has 222 valence electrons. The molecule has 0 saturated carbocycles. The maximum absolute atomic E-state index is 12.7. The molecule has 44 heavy (non-hydrogen) atoms. The van der Waals surface area contributed by atoms with Crippen molar-refractivity contribution in [2.24, 2.45) is 5.10 Å². The van der Waals surface area contributed by atoms with E-state index in [0.29, 0.717) is 32.1 Å². The molecule has 0 fully saturated rings. The number of anilines is 2. The Kier molecular flexibility index (Phi) is 9.90. The van der Waals surface area contributed by atoms with Crippen LogP contribution in [0.5, 0.6) is 11.5 Å². The second-order valence-corrected chi connectivity index (χ2v) is 11.4. The van der Waals surface area contributed by atoms with Gasteiger partial charge in [0.15, 0.2) is 16.6 Å². The van der Waals surface area contributed by atoms with Crippen LogP contribution < -0.4 is 20.2 Å². The minimum absolute atomic E-state index is 0.204. The smallest absolute Gasteiger partial charge is 0.335 e. The van der Waals surface area contributed by atoms with Gasteiger partial charge < -0.3 is 19.9 Å². The first kappa shape index (κ1) is 30.7. The summed E-state index contributed by atoms with van der Waals surface area (Å²) in [7, 11) is 1.52. The van der Waals surface area contributed by atoms with Crippen LogP contribution in [0.15, 0.2) is 99.9 Å². The summed E-state index contributed by atoms with van der Waals surface area (Å²) in [6.07, 6.45) is 1.50. The molecule has 4 aromatic carbocycles. The van der Waals surface area contributed by atoms with Crippen molar-refractivity contribution in [3.8, 4) is 22.8 Å². The fourth-order valence-corrected chi connectivity index (χ4v) is 5.26. The third kappa shape index (κ3) is 7.81. The Morgan fingerprint density at radius 3 is 2.39 bits per heavy atom. The molecular weight excluding hydrogens is 668 g/mol. The first-order valence-electron chi connectivity index (χ1n) is 13.0. The lowest BCUT2D eigenvalue weighted by Crippen LogP contribution is -2.17. The minimum atomic E-state index is -0.987. The van der Waals surface area contributed by atoms with Crippen LogP contribution in [0.25, 0.3) is 11.3 Å². The van der Waals surface area contributed by atoms with Crippen LogP contribution in [0.2, 0.25) is 5.02 Å². The van der Waals surface area contributed by atoms with Crippen molar-refractivity contribution < 1.29 is 24.2 Å². The molecule has 0 bridgehead atoms. The lowest BCUT2D eigenvalue weighted by molar-refractivity contribution is 0.0696. The molecule has 0 unspecified atom stereocenters. The number of aromatic carboxylic acids is 1. The summed E-state index contributed by atoms with van der Waals surface area (Å²) in [5.41, 5.74) is 7.20. The fourth-order valence-electron chi connectivity index (χ4n) is 3.96. The molecule has 0 aliphatic rings. The molecule has 0 spiro atoms. The number of rotatable bonds is 11. The van der Waals surface area contributed by atoms with Crippen molar-refractivity contribution in [2.45, 2.75) is 6.61 Å². The average Bonchev–Trinajstić information content (AvgIpc) is 3.50. The van der Waals surface area contributed by atoms with Crippen molar-refractivity contribution in [1.82, 2.24) is 10.4 Å². The number of amides is 1. The number of benzene rings is 4. The quantitative estimate of drug-likeness (QED) is 0.0947. The molecule has 0 aliphatic heterocycles. The van der Waals surface area contributed by atoms with E-state index in [0.717, 1.165) is 27.6 Å². The van der Waals surface area contributed by atoms with E-state index in [1.165, 1.54) is 36.8 Å². The molecule has 0 atom stereocenters. The van der Waals surface area contributed by atoms with Gasteiger partial charge in [-0.2, -0.15) is 5.10 Å². The van der Waals surface area contributed by atoms with Gasteiger partial charge >= 0.3 is 5.97 Å². The predicted molar refractivity (Wildman–Crippen MR) is 176 cm³/mol. The number of nitrogens with one attached hydrogen (secondary N) is 2. The van der Waals surface area contributed by atoms with Crippen molar-refractivity contribution in [3.63, 3.8) is 0 Å². The van der Waals surface area contributed by atoms with Crippen LogP contribution in [0.4, 0.5) is 10.8 Å². The Morgan fingerprint density at radius 2 is 1.70 bits per heavy atom. The van der Waals surface area contributed by atoms with Crippen LogP contribution in [-0.2, 0) is 6.61 Å². The highest BCUT2D eigenvalue weighted by molar-refractivity contribution is 9.10. The van der Waals surface area contributed by atoms with E-state index in [4.69, 9.17) is 26.2 Å². The van der Waals surface area contributed by atoms with Gasteiger partial charge in [-0.05, 0) is 82.2 Å². The third-order valence-electron chi connectivity index (χ3n) is 6.29. The van der Waals surface area contributed by atoms with Gasteiger partial charge in [-0.3, -0.25) is 4.79 Å². The maximum Gasteiger partial charge on any atom is 0.335 e. The van der Waals surface area contributed by atoms with Gasteiger partial charge in [0, 0.05) is 37.3 Å². The van der Waals surface area contributed by atoms with Crippen LogP contribution in [0.3, 0.4) is 0 Å². The zero-order chi connectivity index (χ0) is 31.1. The van der Waals surface area contributed by atoms with Crippen molar-refractivity contribution >= 4 is 67.8 Å². The number of carboxylic acid groups (broad SMARTS) is 1. The first-order chi connectivity index (χ1) is 21.3. The number of halogens is 2. The Bertz CT molecular complexity index is 1810. The van der Waals surface area contributed by atoms with E-state index < -0.39 is 5.97 Å². The van der Waals surface area contributed by atoms with Gasteiger partial charge in [0.05, 0.1) is 24.6 Å². The largest absolute Gasteiger partial charge is 0.493 e. The summed E-state index contributed by atoms with van der Waals surface area (Å²) in [4.78, 5) is 28.4. The van der Waals surface area contributed by atoms with Gasteiger partial charge in [-0.15, -0.1) is 11.3 Å². The monoisotopic (exact) mass is 690 g/mol. The van der Waals surface area contributed by atoms with Gasteiger partial charge in [0.2, 0.25) is 0 Å². The van der Waals surface area contributed by atoms with Crippen LogP contribution in [-0.4, -0.2) is 35.3 Å². The summed E-state index contributed by atoms with van der Waals surface area (Å²) in [5.74, 6) is -0.407. The van der Waals surface area contributed by atoms with Crippen LogP contribution in [0.1, 0.15) is 31.8 Å². The molecular formula is C32H24BrClN4O5S. The second kappa shape index (κ2) is 14.2. The van der Waals surface area contributed by atoms with Gasteiger partial charge in [0.25, 0.3) is 5.91 Å². The summed E-state index contributed by atoms with van der Waals surface area (Å²) < 4.78 is 12.0. The number of hydrogen-bond donors (Lipinski definition) is 3. The second-order valence-electron chi connectivity index (χ2n) is 9.26. The molecule has 0 saturated heterocycles. The van der Waals surface area contributed by atoms with Crippen molar-refractivity contribution in [2.75, 3.05) is 12.4 Å². The number of carboxylic acids is 1. The van der Waals surface area contributed by atoms with E-state index in [9.17, 15) is 9.59 Å². The molecule has 5 rings (SSSR count). The Labute approximate surface area is 270 Å². The fraction of sp³-hybridized carbons (Fsp3) is 0.0625. The number of hydrogen-bond acceptors (Lipinski definition) is 8. The highest BCUT2D eigenvalue weighted by Gasteiger charge is 2.12. The Morgan fingerprint density at radius 1 is 1.00 bits per heavy atom. The van der Waals surface area contributed by atoms with Crippen LogP contribution in [0, 0.1) is 0 Å². The number of carbonyl (C=O) groups excluding carboxylic acids is 1. The summed E-state index contributed by atoms with van der Waals surface area (Å²) >= 11 is 10.9. The number of methoxy groups -OCH3 is 1. The molecule has 5 aromatic rings. The number of carbonyl (C=O) groups is 2. The van der Waals surface area contributed by atoms with Crippen molar-refractivity contribution in [1.29, 1.82) is 0 Å². The molecule has 0 radical (unpaired) electrons. The molecule has 1 amide bonds. The molecule has 1 heterocycles. The molecule has 1 aromatic heterocycles. The zero-order valence-corrected chi connectivity index (χ0v) is 26.2. The number of nitrogens with zero attached hydrogens (tertiary/aromatic N) is 2. The third-order valence-corrected chi connectivity index (χ3v) is 7.99. The van der Waals surface area contributed by atoms with E-state index in [1.54, 1.807) is 36.4 Å². The zero-order valence-electron chi connectivity index (χ0n) is 23.1. The maximum atomic E-state index is 12.7. The summed E-state index contributed by atoms with van der Waals surface area (Å²) in [5, 5.41) is 19.8. The topological polar surface area (TPSA) is 122 Å². The van der Waals surface area contributed by atoms with Gasteiger partial charge in [0.1, 0.15) is 6.61 Å². The lowest BCUT2D eigenvalue weighted by atomic mass is 10.1. The Hall–Kier alpha value is -4.71. The molecule has 12 heteroatoms. The Balaban J connectivity index is 1.18. The average molecular weight is 692 g/mol. The summed E-state index contributed by atoms with van der Waals surface area (Å²) in [6.45, 7) is 0.217. The first-order valence-corrected chi connectivity index (χ1v) is 15.1. The van der Waals surface area contributed by atoms with E-state index >= 15 is 0 Å². The molecule has 0 aliphatic carbocycles. The van der Waals surface area contributed by atoms with Gasteiger partial charge in [-0.1, -0.05) is 35.9 Å². The number of thiazole rings is 1. The SMILES string of the molecule is COc1cc(/C=N\NC(=O)c2ccc(-c3csc(Nc4ccc(Cl)cc4)n3)cc2)c(Br)cc1OCc1ccc(C(=O)O)cc1. The predicted octanol–water partition coefficient (Wildman–Crippen LogP) is 8.02. The van der Waals surface area contributed by atoms with E-state index in [1.807, 2.05) is 41.8 Å². The normalized spacial score (nSPS) is 10.9. The molecule has 3 N–H and O–H groups in total. The minimum Gasteiger partial charge on any atom is -0.493 e. The molecule has 9 nitrogen and oxygen atoms in total. The number of ether oxygens (including phenoxy) is 2. The standard InChI is InChI=1S/C32H24BrClN4O5S/c1-42-28-14-23(26(33)15-29(28)43-17-19-2-4-22(5-3-19)31(40)41)16-35-38-30(39)21-8-6-20(7-9-21)27-18-44-32(37-27)36-25-12-10-24(34)11-13-25/h2-16,18H,17H2,1H3,(H,36,37)(H,38,39)(H,40,41)/b35-16-. The highest BCUT2D eigenvalue weighted by atomic mass is 79.9. The van der Waals surface area contributed by atoms with Gasteiger partial charge in [-0.25, -0.2) is 15.2 Å². The summed E-state index contributed by atoms with van der Waals surface area (Å²) in [6, 6.07) is 24.4.